The molecule has 2 aliphatic rings. The summed E-state index contributed by atoms with van der Waals surface area (Å²) in [7, 11) is 3.52. The Bertz CT molecular complexity index is 543. The molecular formula is C15H22N4O3. The van der Waals surface area contributed by atoms with Crippen molar-refractivity contribution in [2.75, 3.05) is 46.9 Å². The third-order valence-electron chi connectivity index (χ3n) is 4.37. The van der Waals surface area contributed by atoms with Crippen LogP contribution in [0.25, 0.3) is 0 Å². The Morgan fingerprint density at radius 1 is 1.41 bits per heavy atom. The summed E-state index contributed by atoms with van der Waals surface area (Å²) in [4.78, 5) is 32.9. The second-order valence-corrected chi connectivity index (χ2v) is 6.03. The molecule has 120 valence electrons. The molecule has 2 saturated heterocycles. The molecule has 0 aliphatic carbocycles. The SMILES string of the molecule is CN(C)C(=O)CN1CCO[C@H]2CN(C(=O)c3ccc[nH]3)C[C@@H]21. The molecule has 1 N–H and O–H groups in total. The molecule has 2 fully saturated rings. The zero-order valence-corrected chi connectivity index (χ0v) is 13.0. The zero-order chi connectivity index (χ0) is 15.7. The van der Waals surface area contributed by atoms with Gasteiger partial charge in [0.2, 0.25) is 5.91 Å². The lowest BCUT2D eigenvalue weighted by atomic mass is 10.1. The maximum Gasteiger partial charge on any atom is 0.270 e. The third kappa shape index (κ3) is 2.86. The summed E-state index contributed by atoms with van der Waals surface area (Å²) in [6.07, 6.45) is 1.73. The average molecular weight is 306 g/mol. The van der Waals surface area contributed by atoms with Gasteiger partial charge < -0.3 is 19.5 Å². The molecule has 7 heteroatoms. The molecule has 22 heavy (non-hydrogen) atoms. The number of carbonyl (C=O) groups is 2. The van der Waals surface area contributed by atoms with E-state index in [1.165, 1.54) is 0 Å². The number of fused-ring (bicyclic) bond motifs is 1. The van der Waals surface area contributed by atoms with E-state index in [2.05, 4.69) is 9.88 Å². The van der Waals surface area contributed by atoms with Crippen molar-refractivity contribution in [1.82, 2.24) is 19.7 Å². The number of rotatable bonds is 3. The highest BCUT2D eigenvalue weighted by molar-refractivity contribution is 5.92. The highest BCUT2D eigenvalue weighted by Gasteiger charge is 2.42. The van der Waals surface area contributed by atoms with Gasteiger partial charge in [-0.2, -0.15) is 0 Å². The van der Waals surface area contributed by atoms with Gasteiger partial charge in [-0.1, -0.05) is 0 Å². The molecule has 0 aromatic carbocycles. The van der Waals surface area contributed by atoms with Crippen LogP contribution in [0, 0.1) is 0 Å². The Labute approximate surface area is 129 Å². The van der Waals surface area contributed by atoms with Crippen LogP contribution in [0.5, 0.6) is 0 Å². The van der Waals surface area contributed by atoms with Crippen molar-refractivity contribution >= 4 is 11.8 Å². The van der Waals surface area contributed by atoms with Gasteiger partial charge in [-0.25, -0.2) is 0 Å². The van der Waals surface area contributed by atoms with Crippen molar-refractivity contribution in [2.45, 2.75) is 12.1 Å². The maximum atomic E-state index is 12.4. The summed E-state index contributed by atoms with van der Waals surface area (Å²) >= 11 is 0. The number of hydrogen-bond donors (Lipinski definition) is 1. The Balaban J connectivity index is 1.67. The number of likely N-dealkylation sites (N-methyl/N-ethyl adjacent to an activating group) is 1. The van der Waals surface area contributed by atoms with Gasteiger partial charge in [0.25, 0.3) is 5.91 Å². The van der Waals surface area contributed by atoms with Crippen LogP contribution in [0.3, 0.4) is 0 Å². The summed E-state index contributed by atoms with van der Waals surface area (Å²) in [6.45, 7) is 2.89. The lowest BCUT2D eigenvalue weighted by molar-refractivity contribution is -0.133. The van der Waals surface area contributed by atoms with E-state index < -0.39 is 0 Å². The molecule has 0 bridgehead atoms. The Kier molecular flexibility index (Phi) is 4.17. The van der Waals surface area contributed by atoms with Crippen molar-refractivity contribution < 1.29 is 14.3 Å². The molecule has 0 radical (unpaired) electrons. The van der Waals surface area contributed by atoms with E-state index >= 15 is 0 Å². The van der Waals surface area contributed by atoms with Crippen molar-refractivity contribution in [1.29, 1.82) is 0 Å². The minimum absolute atomic E-state index is 0.0115. The smallest absolute Gasteiger partial charge is 0.270 e. The molecule has 1 aromatic rings. The van der Waals surface area contributed by atoms with Gasteiger partial charge in [-0.05, 0) is 12.1 Å². The number of nitrogens with zero attached hydrogens (tertiary/aromatic N) is 3. The highest BCUT2D eigenvalue weighted by Crippen LogP contribution is 2.24. The first-order chi connectivity index (χ1) is 10.6. The number of H-pyrrole nitrogens is 1. The number of nitrogens with one attached hydrogen (secondary N) is 1. The van der Waals surface area contributed by atoms with Crippen molar-refractivity contribution in [3.63, 3.8) is 0 Å². The van der Waals surface area contributed by atoms with Crippen LogP contribution in [0.2, 0.25) is 0 Å². The first-order valence-corrected chi connectivity index (χ1v) is 7.54. The number of aromatic nitrogens is 1. The standard InChI is InChI=1S/C15H22N4O3/c1-17(2)14(20)10-18-6-7-22-13-9-19(8-12(13)18)15(21)11-4-3-5-16-11/h3-5,12-13,16H,6-10H2,1-2H3/t12-,13-/m0/s1. The molecule has 2 atom stereocenters. The van der Waals surface area contributed by atoms with E-state index in [4.69, 9.17) is 4.74 Å². The van der Waals surface area contributed by atoms with Gasteiger partial charge in [0.05, 0.1) is 25.3 Å². The van der Waals surface area contributed by atoms with Crippen LogP contribution in [-0.2, 0) is 9.53 Å². The molecule has 0 unspecified atom stereocenters. The van der Waals surface area contributed by atoms with Crippen LogP contribution in [0.15, 0.2) is 18.3 Å². The lowest BCUT2D eigenvalue weighted by Crippen LogP contribution is -2.53. The van der Waals surface area contributed by atoms with E-state index in [9.17, 15) is 9.59 Å². The lowest BCUT2D eigenvalue weighted by Gasteiger charge is -2.36. The number of carbonyl (C=O) groups excluding carboxylic acids is 2. The summed E-state index contributed by atoms with van der Waals surface area (Å²) in [5, 5.41) is 0. The number of morpholine rings is 1. The number of likely N-dealkylation sites (tertiary alicyclic amines) is 1. The van der Waals surface area contributed by atoms with E-state index in [1.807, 2.05) is 6.07 Å². The third-order valence-corrected chi connectivity index (χ3v) is 4.37. The van der Waals surface area contributed by atoms with E-state index in [0.717, 1.165) is 6.54 Å². The highest BCUT2D eigenvalue weighted by atomic mass is 16.5. The van der Waals surface area contributed by atoms with Crippen molar-refractivity contribution in [3.05, 3.63) is 24.0 Å². The second kappa shape index (κ2) is 6.10. The minimum Gasteiger partial charge on any atom is -0.373 e. The summed E-state index contributed by atoms with van der Waals surface area (Å²) in [6, 6.07) is 3.68. The van der Waals surface area contributed by atoms with Crippen LogP contribution in [-0.4, -0.2) is 90.5 Å². The Morgan fingerprint density at radius 2 is 2.23 bits per heavy atom. The van der Waals surface area contributed by atoms with E-state index in [0.29, 0.717) is 31.9 Å². The molecule has 0 saturated carbocycles. The number of ether oxygens (including phenoxy) is 1. The van der Waals surface area contributed by atoms with Crippen molar-refractivity contribution in [2.24, 2.45) is 0 Å². The molecule has 2 aliphatic heterocycles. The predicted octanol–water partition coefficient (Wildman–Crippen LogP) is -0.372. The van der Waals surface area contributed by atoms with Crippen LogP contribution in [0.1, 0.15) is 10.5 Å². The zero-order valence-electron chi connectivity index (χ0n) is 13.0. The van der Waals surface area contributed by atoms with Gasteiger partial charge in [0.15, 0.2) is 0 Å². The second-order valence-electron chi connectivity index (χ2n) is 6.03. The predicted molar refractivity (Wildman–Crippen MR) is 80.5 cm³/mol. The largest absolute Gasteiger partial charge is 0.373 e. The average Bonchev–Trinajstić information content (AvgIpc) is 3.16. The topological polar surface area (TPSA) is 68.9 Å². The molecule has 7 nitrogen and oxygen atoms in total. The first kappa shape index (κ1) is 15.1. The summed E-state index contributed by atoms with van der Waals surface area (Å²) < 4.78 is 5.80. The Morgan fingerprint density at radius 3 is 2.91 bits per heavy atom. The summed E-state index contributed by atoms with van der Waals surface area (Å²) in [5.74, 6) is 0.0664. The number of hydrogen-bond acceptors (Lipinski definition) is 4. The number of amides is 2. The van der Waals surface area contributed by atoms with Gasteiger partial charge >= 0.3 is 0 Å². The molecule has 0 spiro atoms. The van der Waals surface area contributed by atoms with Gasteiger partial charge in [0.1, 0.15) is 5.69 Å². The van der Waals surface area contributed by atoms with E-state index in [1.54, 1.807) is 36.2 Å². The van der Waals surface area contributed by atoms with Crippen LogP contribution >= 0.6 is 0 Å². The van der Waals surface area contributed by atoms with Crippen molar-refractivity contribution in [3.8, 4) is 0 Å². The molecule has 1 aromatic heterocycles. The molecule has 3 rings (SSSR count). The first-order valence-electron chi connectivity index (χ1n) is 7.54. The normalized spacial score (nSPS) is 25.1. The van der Waals surface area contributed by atoms with Crippen LogP contribution < -0.4 is 0 Å². The molecule has 3 heterocycles. The quantitative estimate of drug-likeness (QED) is 0.827. The fraction of sp³-hybridized carbons (Fsp3) is 0.600. The summed E-state index contributed by atoms with van der Waals surface area (Å²) in [5.41, 5.74) is 0.592. The van der Waals surface area contributed by atoms with Gasteiger partial charge in [-0.15, -0.1) is 0 Å². The number of aromatic amines is 1. The Hall–Kier alpha value is -1.86. The molecular weight excluding hydrogens is 284 g/mol. The molecule has 2 amide bonds. The van der Waals surface area contributed by atoms with E-state index in [-0.39, 0.29) is 24.0 Å². The van der Waals surface area contributed by atoms with Gasteiger partial charge in [-0.3, -0.25) is 14.5 Å². The van der Waals surface area contributed by atoms with Crippen LogP contribution in [0.4, 0.5) is 0 Å². The fourth-order valence-electron chi connectivity index (χ4n) is 3.07. The van der Waals surface area contributed by atoms with Gasteiger partial charge in [0, 0.05) is 39.9 Å². The maximum absolute atomic E-state index is 12.4. The monoisotopic (exact) mass is 306 g/mol. The minimum atomic E-state index is -0.0121. The fourth-order valence-corrected chi connectivity index (χ4v) is 3.07.